The smallest absolute Gasteiger partial charge is 0.0207 e. The third-order valence-electron chi connectivity index (χ3n) is 4.09. The van der Waals surface area contributed by atoms with Gasteiger partial charge in [0.05, 0.1) is 0 Å². The molecule has 1 aliphatic heterocycles. The largest absolute Gasteiger partial charge is 0.312 e. The summed E-state index contributed by atoms with van der Waals surface area (Å²) in [4.78, 5) is 0. The van der Waals surface area contributed by atoms with E-state index < -0.39 is 0 Å². The molecule has 1 heterocycles. The second-order valence-electron chi connectivity index (χ2n) is 6.38. The van der Waals surface area contributed by atoms with E-state index in [1.54, 1.807) is 0 Å². The fourth-order valence-electron chi connectivity index (χ4n) is 2.96. The van der Waals surface area contributed by atoms with Gasteiger partial charge in [-0.25, -0.2) is 0 Å². The van der Waals surface area contributed by atoms with Crippen molar-refractivity contribution in [1.82, 2.24) is 5.32 Å². The topological polar surface area (TPSA) is 12.0 Å². The number of hydrogen-bond acceptors (Lipinski definition) is 2. The summed E-state index contributed by atoms with van der Waals surface area (Å²) in [5.74, 6) is 0.929. The van der Waals surface area contributed by atoms with Gasteiger partial charge < -0.3 is 5.32 Å². The Morgan fingerprint density at radius 2 is 1.93 bits per heavy atom. The quantitative estimate of drug-likeness (QED) is 0.681. The lowest BCUT2D eigenvalue weighted by atomic mass is 9.71. The van der Waals surface area contributed by atoms with Crippen LogP contribution in [-0.4, -0.2) is 23.1 Å². The van der Waals surface area contributed by atoms with Gasteiger partial charge in [0.2, 0.25) is 0 Å². The second-order valence-corrected chi connectivity index (χ2v) is 8.06. The van der Waals surface area contributed by atoms with Crippen LogP contribution in [0.3, 0.4) is 0 Å². The summed E-state index contributed by atoms with van der Waals surface area (Å²) < 4.78 is 0. The van der Waals surface area contributed by atoms with E-state index in [9.17, 15) is 0 Å². The molecule has 0 bridgehead atoms. The van der Waals surface area contributed by atoms with Crippen LogP contribution in [0.2, 0.25) is 0 Å². The Morgan fingerprint density at radius 3 is 2.60 bits per heavy atom. The molecule has 0 aromatic carbocycles. The van der Waals surface area contributed by atoms with Gasteiger partial charge in [0, 0.05) is 23.1 Å². The fourth-order valence-corrected chi connectivity index (χ4v) is 4.52. The van der Waals surface area contributed by atoms with Crippen molar-refractivity contribution in [1.29, 1.82) is 0 Å². The van der Waals surface area contributed by atoms with Gasteiger partial charge in [-0.1, -0.05) is 27.7 Å². The van der Waals surface area contributed by atoms with Crippen molar-refractivity contribution in [2.45, 2.75) is 63.5 Å². The second kappa shape index (κ2) is 4.29. The Hall–Kier alpha value is 0.310. The third kappa shape index (κ3) is 2.71. The summed E-state index contributed by atoms with van der Waals surface area (Å²) in [6, 6.07) is 0.810. The fraction of sp³-hybridized carbons (Fsp3) is 1.00. The maximum atomic E-state index is 3.72. The number of hydrogen-bond donors (Lipinski definition) is 1. The highest BCUT2D eigenvalue weighted by molar-refractivity contribution is 8.00. The first-order valence-corrected chi connectivity index (χ1v) is 7.30. The van der Waals surface area contributed by atoms with Crippen LogP contribution < -0.4 is 5.32 Å². The van der Waals surface area contributed by atoms with Crippen LogP contribution in [0.25, 0.3) is 0 Å². The number of rotatable bonds is 0. The summed E-state index contributed by atoms with van der Waals surface area (Å²) in [5.41, 5.74) is 0.506. The maximum absolute atomic E-state index is 3.72. The molecule has 2 aliphatic rings. The highest BCUT2D eigenvalue weighted by atomic mass is 32.2. The first-order chi connectivity index (χ1) is 6.97. The molecule has 1 saturated carbocycles. The molecule has 0 radical (unpaired) electrons. The van der Waals surface area contributed by atoms with Crippen LogP contribution in [0.5, 0.6) is 0 Å². The molecule has 1 aliphatic carbocycles. The predicted molar refractivity (Wildman–Crippen MR) is 69.4 cm³/mol. The Balaban J connectivity index is 1.97. The van der Waals surface area contributed by atoms with Gasteiger partial charge in [-0.3, -0.25) is 0 Å². The number of nitrogens with one attached hydrogen (secondary N) is 1. The number of fused-ring (bicyclic) bond motifs is 1. The normalized spacial score (nSPS) is 42.4. The van der Waals surface area contributed by atoms with Crippen LogP contribution in [0.1, 0.15) is 47.0 Å². The van der Waals surface area contributed by atoms with E-state index in [1.165, 1.54) is 25.8 Å². The zero-order chi connectivity index (χ0) is 11.1. The molecule has 2 fully saturated rings. The summed E-state index contributed by atoms with van der Waals surface area (Å²) >= 11 is 2.23. The minimum Gasteiger partial charge on any atom is -0.312 e. The van der Waals surface area contributed by atoms with Crippen LogP contribution in [-0.2, 0) is 0 Å². The van der Waals surface area contributed by atoms with Gasteiger partial charge in [0.15, 0.2) is 0 Å². The SMILES string of the molecule is CC1CNC2CCC(C(C)(C)C)CC2S1. The van der Waals surface area contributed by atoms with Crippen LogP contribution in [0.15, 0.2) is 0 Å². The standard InChI is InChI=1S/C13H25NS/c1-9-8-14-11-6-5-10(13(2,3)4)7-12(11)15-9/h9-12,14H,5-8H2,1-4H3. The van der Waals surface area contributed by atoms with Gasteiger partial charge in [-0.05, 0) is 30.6 Å². The van der Waals surface area contributed by atoms with Gasteiger partial charge in [0.1, 0.15) is 0 Å². The lowest BCUT2D eigenvalue weighted by Gasteiger charge is -2.45. The van der Waals surface area contributed by atoms with E-state index in [-0.39, 0.29) is 0 Å². The van der Waals surface area contributed by atoms with Gasteiger partial charge >= 0.3 is 0 Å². The zero-order valence-electron chi connectivity index (χ0n) is 10.5. The van der Waals surface area contributed by atoms with Gasteiger partial charge in [0.25, 0.3) is 0 Å². The van der Waals surface area contributed by atoms with Gasteiger partial charge in [-0.2, -0.15) is 11.8 Å². The molecule has 2 rings (SSSR count). The average Bonchev–Trinajstić information content (AvgIpc) is 2.15. The van der Waals surface area contributed by atoms with E-state index in [0.717, 1.165) is 22.5 Å². The van der Waals surface area contributed by atoms with Crippen molar-refractivity contribution in [2.24, 2.45) is 11.3 Å². The maximum Gasteiger partial charge on any atom is 0.0207 e. The Labute approximate surface area is 98.8 Å². The highest BCUT2D eigenvalue weighted by Gasteiger charge is 2.38. The summed E-state index contributed by atoms with van der Waals surface area (Å²) in [5, 5.41) is 5.41. The highest BCUT2D eigenvalue weighted by Crippen LogP contribution is 2.43. The summed E-state index contributed by atoms with van der Waals surface area (Å²) in [6.45, 7) is 10.8. The minimum atomic E-state index is 0.506. The Bertz CT molecular complexity index is 221. The number of thioether (sulfide) groups is 1. The molecule has 1 N–H and O–H groups in total. The van der Waals surface area contributed by atoms with Crippen molar-refractivity contribution >= 4 is 11.8 Å². The van der Waals surface area contributed by atoms with Crippen LogP contribution in [0, 0.1) is 11.3 Å². The zero-order valence-corrected chi connectivity index (χ0v) is 11.4. The lowest BCUT2D eigenvalue weighted by molar-refractivity contribution is 0.162. The van der Waals surface area contributed by atoms with Crippen molar-refractivity contribution in [3.8, 4) is 0 Å². The molecule has 4 unspecified atom stereocenters. The van der Waals surface area contributed by atoms with E-state index in [2.05, 4.69) is 44.8 Å². The van der Waals surface area contributed by atoms with E-state index in [1.807, 2.05) is 0 Å². The molecule has 15 heavy (non-hydrogen) atoms. The molecule has 0 aromatic heterocycles. The minimum absolute atomic E-state index is 0.506. The molecule has 1 saturated heterocycles. The molecular formula is C13H25NS. The van der Waals surface area contributed by atoms with E-state index >= 15 is 0 Å². The van der Waals surface area contributed by atoms with E-state index in [4.69, 9.17) is 0 Å². The monoisotopic (exact) mass is 227 g/mol. The Kier molecular flexibility index (Phi) is 3.37. The summed E-state index contributed by atoms with van der Waals surface area (Å²) in [6.07, 6.45) is 4.25. The molecule has 4 atom stereocenters. The van der Waals surface area contributed by atoms with Crippen molar-refractivity contribution in [3.63, 3.8) is 0 Å². The Morgan fingerprint density at radius 1 is 1.20 bits per heavy atom. The average molecular weight is 227 g/mol. The molecule has 1 nitrogen and oxygen atoms in total. The van der Waals surface area contributed by atoms with Crippen LogP contribution in [0.4, 0.5) is 0 Å². The predicted octanol–water partition coefficient (Wildman–Crippen LogP) is 3.29. The van der Waals surface area contributed by atoms with Crippen molar-refractivity contribution in [3.05, 3.63) is 0 Å². The first-order valence-electron chi connectivity index (χ1n) is 6.35. The van der Waals surface area contributed by atoms with Crippen LogP contribution >= 0.6 is 11.8 Å². The van der Waals surface area contributed by atoms with Crippen molar-refractivity contribution in [2.75, 3.05) is 6.54 Å². The van der Waals surface area contributed by atoms with Crippen molar-refractivity contribution < 1.29 is 0 Å². The van der Waals surface area contributed by atoms with Gasteiger partial charge in [-0.15, -0.1) is 0 Å². The molecular weight excluding hydrogens is 202 g/mol. The first kappa shape index (κ1) is 11.8. The van der Waals surface area contributed by atoms with E-state index in [0.29, 0.717) is 5.41 Å². The summed E-state index contributed by atoms with van der Waals surface area (Å²) in [7, 11) is 0. The molecule has 88 valence electrons. The molecule has 0 amide bonds. The third-order valence-corrected chi connectivity index (χ3v) is 5.59. The molecule has 0 aromatic rings. The lowest BCUT2D eigenvalue weighted by Crippen LogP contribution is -2.50. The molecule has 0 spiro atoms. The molecule has 2 heteroatoms.